The minimum Gasteiger partial charge on any atom is -0.381 e. The maximum absolute atomic E-state index is 13.2. The van der Waals surface area contributed by atoms with Crippen LogP contribution >= 0.6 is 11.3 Å². The second kappa shape index (κ2) is 13.4. The van der Waals surface area contributed by atoms with Crippen molar-refractivity contribution in [2.24, 2.45) is 5.92 Å². The van der Waals surface area contributed by atoms with E-state index >= 15 is 0 Å². The van der Waals surface area contributed by atoms with E-state index in [1.807, 2.05) is 6.08 Å². The van der Waals surface area contributed by atoms with Crippen LogP contribution < -0.4 is 5.32 Å². The van der Waals surface area contributed by atoms with Gasteiger partial charge in [-0.05, 0) is 60.4 Å². The average Bonchev–Trinajstić information content (AvgIpc) is 3.73. The Hall–Kier alpha value is -2.93. The first kappa shape index (κ1) is 30.1. The number of anilines is 1. The number of hydrogen-bond donors (Lipinski definition) is 1. The highest BCUT2D eigenvalue weighted by molar-refractivity contribution is 7.18. The maximum atomic E-state index is 13.2. The zero-order chi connectivity index (χ0) is 29.8. The molecule has 1 N–H and O–H groups in total. The average molecular weight is 609 g/mol. The number of allylic oxidation sites excluding steroid dienone is 1. The second-order valence-electron chi connectivity index (χ2n) is 12.4. The third-order valence-electron chi connectivity index (χ3n) is 9.11. The molecule has 0 unspecified atom stereocenters. The first-order valence-corrected chi connectivity index (χ1v) is 16.4. The number of pyridine rings is 1. The van der Waals surface area contributed by atoms with Gasteiger partial charge in [0, 0.05) is 66.3 Å². The van der Waals surface area contributed by atoms with Gasteiger partial charge in [0.1, 0.15) is 4.83 Å². The molecule has 0 bridgehead atoms. The molecule has 1 aromatic carbocycles. The second-order valence-corrected chi connectivity index (χ2v) is 13.5. The molecule has 5 nitrogen and oxygen atoms in total. The zero-order valence-corrected chi connectivity index (χ0v) is 25.3. The van der Waals surface area contributed by atoms with Crippen LogP contribution in [0, 0.1) is 17.2 Å². The summed E-state index contributed by atoms with van der Waals surface area (Å²) in [4.78, 5) is 7.91. The number of aromatic nitrogens is 1. The summed E-state index contributed by atoms with van der Waals surface area (Å²) in [5, 5.41) is 13.7. The Balaban J connectivity index is 1.10. The number of alkyl halides is 3. The van der Waals surface area contributed by atoms with Crippen LogP contribution in [-0.4, -0.2) is 41.8 Å². The number of ether oxygens (including phenoxy) is 1. The lowest BCUT2D eigenvalue weighted by molar-refractivity contribution is -0.126. The van der Waals surface area contributed by atoms with Gasteiger partial charge in [-0.2, -0.15) is 18.4 Å². The van der Waals surface area contributed by atoms with Crippen molar-refractivity contribution in [2.45, 2.75) is 89.6 Å². The summed E-state index contributed by atoms with van der Waals surface area (Å²) in [6.45, 7) is 3.81. The van der Waals surface area contributed by atoms with E-state index in [0.29, 0.717) is 18.0 Å². The number of thiophene rings is 1. The number of halogens is 3. The van der Waals surface area contributed by atoms with Crippen molar-refractivity contribution in [3.05, 3.63) is 63.2 Å². The first-order chi connectivity index (χ1) is 20.8. The fraction of sp³-hybridized carbons (Fsp3) is 0.529. The molecule has 2 aromatic heterocycles. The number of piperidine rings is 1. The van der Waals surface area contributed by atoms with Crippen LogP contribution in [0.25, 0.3) is 16.3 Å². The Morgan fingerprint density at radius 3 is 2.70 bits per heavy atom. The van der Waals surface area contributed by atoms with E-state index < -0.39 is 12.6 Å². The number of hydrogen-bond acceptors (Lipinski definition) is 6. The van der Waals surface area contributed by atoms with Crippen molar-refractivity contribution in [1.29, 1.82) is 5.26 Å². The third kappa shape index (κ3) is 7.78. The van der Waals surface area contributed by atoms with E-state index in [1.165, 1.54) is 43.2 Å². The Morgan fingerprint density at radius 1 is 1.12 bits per heavy atom. The van der Waals surface area contributed by atoms with Crippen LogP contribution in [0.1, 0.15) is 78.5 Å². The lowest BCUT2D eigenvalue weighted by Gasteiger charge is -2.33. The molecule has 2 aliphatic carbocycles. The van der Waals surface area contributed by atoms with Gasteiger partial charge in [-0.1, -0.05) is 43.9 Å². The maximum Gasteiger partial charge on any atom is 0.393 e. The van der Waals surface area contributed by atoms with Crippen LogP contribution in [0.4, 0.5) is 18.9 Å². The zero-order valence-electron chi connectivity index (χ0n) is 24.5. The topological polar surface area (TPSA) is 61.2 Å². The highest BCUT2D eigenvalue weighted by Crippen LogP contribution is 2.37. The highest BCUT2D eigenvalue weighted by Gasteiger charge is 2.29. The van der Waals surface area contributed by atoms with Gasteiger partial charge in [-0.15, -0.1) is 11.3 Å². The molecule has 0 spiro atoms. The largest absolute Gasteiger partial charge is 0.393 e. The number of rotatable bonds is 11. The number of benzene rings is 1. The molecule has 43 heavy (non-hydrogen) atoms. The summed E-state index contributed by atoms with van der Waals surface area (Å²) in [7, 11) is 0. The molecule has 3 aliphatic rings. The summed E-state index contributed by atoms with van der Waals surface area (Å²) in [5.74, 6) is 0.832. The van der Waals surface area contributed by atoms with Gasteiger partial charge in [-0.3, -0.25) is 4.90 Å². The molecule has 228 valence electrons. The number of nitrogens with one attached hydrogen (secondary N) is 1. The fourth-order valence-electron chi connectivity index (χ4n) is 6.85. The predicted molar refractivity (Wildman–Crippen MR) is 166 cm³/mol. The molecule has 6 rings (SSSR count). The SMILES string of the molecule is N#CC1=Cc2cc(CN3CCC(Nc4c(COCCCC5CCCC5)cnc5sc(CC(F)(F)F)cc45)CC3)ccc2C1. The Labute approximate surface area is 255 Å². The fourth-order valence-corrected chi connectivity index (χ4v) is 7.89. The monoisotopic (exact) mass is 608 g/mol. The Bertz CT molecular complexity index is 1490. The first-order valence-electron chi connectivity index (χ1n) is 15.6. The van der Waals surface area contributed by atoms with Gasteiger partial charge < -0.3 is 10.1 Å². The molecular formula is C34H39F3N4OS. The molecular weight excluding hydrogens is 569 g/mol. The Kier molecular flexibility index (Phi) is 9.37. The Morgan fingerprint density at radius 2 is 1.93 bits per heavy atom. The molecule has 3 aromatic rings. The van der Waals surface area contributed by atoms with E-state index in [9.17, 15) is 18.4 Å². The predicted octanol–water partition coefficient (Wildman–Crippen LogP) is 8.43. The smallest absolute Gasteiger partial charge is 0.381 e. The van der Waals surface area contributed by atoms with E-state index in [1.54, 1.807) is 12.3 Å². The van der Waals surface area contributed by atoms with E-state index in [4.69, 9.17) is 4.74 Å². The molecule has 1 saturated carbocycles. The number of likely N-dealkylation sites (tertiary alicyclic amines) is 1. The molecule has 0 amide bonds. The normalized spacial score (nSPS) is 18.2. The van der Waals surface area contributed by atoms with Crippen LogP contribution in [0.15, 0.2) is 36.0 Å². The van der Waals surface area contributed by atoms with Crippen LogP contribution in [-0.2, 0) is 30.7 Å². The van der Waals surface area contributed by atoms with E-state index in [0.717, 1.165) is 90.3 Å². The van der Waals surface area contributed by atoms with Crippen molar-refractivity contribution < 1.29 is 17.9 Å². The number of nitriles is 1. The van der Waals surface area contributed by atoms with Gasteiger partial charge in [0.05, 0.1) is 24.8 Å². The highest BCUT2D eigenvalue weighted by atomic mass is 32.1. The van der Waals surface area contributed by atoms with Crippen molar-refractivity contribution in [3.63, 3.8) is 0 Å². The van der Waals surface area contributed by atoms with Gasteiger partial charge >= 0.3 is 6.18 Å². The summed E-state index contributed by atoms with van der Waals surface area (Å²) < 4.78 is 45.7. The van der Waals surface area contributed by atoms with Crippen LogP contribution in [0.3, 0.4) is 0 Å². The molecule has 1 aliphatic heterocycles. The van der Waals surface area contributed by atoms with Crippen molar-refractivity contribution in [1.82, 2.24) is 9.88 Å². The standard InChI is InChI=1S/C34H39F3N4OS/c35-34(36,37)18-30-17-31-32(28(20-39-33(31)43-30)22-42-13-3-6-23-4-1-2-5-23)40-29-9-11-41(12-10-29)21-24-7-8-26-15-25(19-38)16-27(26)14-24/h7-8,14,16-17,20,23,29H,1-6,9-13,15,18,21-22H2,(H,39,40). The van der Waals surface area contributed by atoms with Gasteiger partial charge in [0.2, 0.25) is 0 Å². The van der Waals surface area contributed by atoms with E-state index in [-0.39, 0.29) is 10.9 Å². The van der Waals surface area contributed by atoms with Gasteiger partial charge in [-0.25, -0.2) is 4.98 Å². The summed E-state index contributed by atoms with van der Waals surface area (Å²) in [5.41, 5.74) is 6.22. The van der Waals surface area contributed by atoms with E-state index in [2.05, 4.69) is 39.5 Å². The minimum atomic E-state index is -4.25. The quantitative estimate of drug-likeness (QED) is 0.222. The summed E-state index contributed by atoms with van der Waals surface area (Å²) in [6, 6.07) is 10.7. The lowest BCUT2D eigenvalue weighted by atomic mass is 10.0. The van der Waals surface area contributed by atoms with Crippen molar-refractivity contribution in [3.8, 4) is 6.07 Å². The number of fused-ring (bicyclic) bond motifs is 2. The minimum absolute atomic E-state index is 0.218. The third-order valence-corrected chi connectivity index (χ3v) is 10.1. The molecule has 0 atom stereocenters. The summed E-state index contributed by atoms with van der Waals surface area (Å²) >= 11 is 1.12. The molecule has 0 radical (unpaired) electrons. The van der Waals surface area contributed by atoms with Crippen LogP contribution in [0.5, 0.6) is 0 Å². The molecule has 1 saturated heterocycles. The number of nitrogens with zero attached hydrogens (tertiary/aromatic N) is 3. The summed E-state index contributed by atoms with van der Waals surface area (Å²) in [6.07, 6.45) is 8.79. The van der Waals surface area contributed by atoms with Gasteiger partial charge in [0.25, 0.3) is 0 Å². The van der Waals surface area contributed by atoms with Crippen molar-refractivity contribution >= 4 is 33.3 Å². The molecule has 9 heteroatoms. The lowest BCUT2D eigenvalue weighted by Crippen LogP contribution is -2.38. The van der Waals surface area contributed by atoms with Gasteiger partial charge in [0.15, 0.2) is 0 Å². The molecule has 3 heterocycles. The molecule has 2 fully saturated rings. The van der Waals surface area contributed by atoms with Crippen molar-refractivity contribution in [2.75, 3.05) is 25.0 Å². The van der Waals surface area contributed by atoms with Crippen LogP contribution in [0.2, 0.25) is 0 Å².